The van der Waals surface area contributed by atoms with Crippen molar-refractivity contribution < 1.29 is 24.2 Å². The molecule has 1 saturated heterocycles. The third kappa shape index (κ3) is 9.69. The minimum absolute atomic E-state index is 0.227. The molecule has 1 aliphatic rings. The average Bonchev–Trinajstić information content (AvgIpc) is 2.56. The van der Waals surface area contributed by atoms with Gasteiger partial charge in [0.1, 0.15) is 12.2 Å². The van der Waals surface area contributed by atoms with Gasteiger partial charge in [-0.15, -0.1) is 0 Å². The van der Waals surface area contributed by atoms with Gasteiger partial charge in [0, 0.05) is 6.54 Å². The van der Waals surface area contributed by atoms with Crippen molar-refractivity contribution in [3.05, 3.63) is 35.9 Å². The van der Waals surface area contributed by atoms with Crippen LogP contribution in [0, 0.1) is 0 Å². The highest BCUT2D eigenvalue weighted by molar-refractivity contribution is 5.67. The molecule has 0 spiro atoms. The molecular weight excluding hydrogens is 324 g/mol. The van der Waals surface area contributed by atoms with Gasteiger partial charge >= 0.3 is 6.09 Å². The van der Waals surface area contributed by atoms with Gasteiger partial charge in [0.05, 0.1) is 12.1 Å². The molecule has 0 saturated carbocycles. The number of ether oxygens (including phenoxy) is 2. The van der Waals surface area contributed by atoms with E-state index in [1.54, 1.807) is 0 Å². The van der Waals surface area contributed by atoms with Crippen LogP contribution in [0.15, 0.2) is 30.3 Å². The largest absolute Gasteiger partial charge is 0.462 e. The van der Waals surface area contributed by atoms with Gasteiger partial charge in [0.2, 0.25) is 0 Å². The number of carbonyl (C=O) groups excluding carboxylic acids is 2. The van der Waals surface area contributed by atoms with E-state index in [4.69, 9.17) is 4.74 Å². The molecule has 1 heterocycles. The van der Waals surface area contributed by atoms with Gasteiger partial charge in [-0.3, -0.25) is 4.79 Å². The lowest BCUT2D eigenvalue weighted by atomic mass is 10.0. The van der Waals surface area contributed by atoms with E-state index in [-0.39, 0.29) is 18.2 Å². The lowest BCUT2D eigenvalue weighted by Gasteiger charge is -2.28. The molecule has 1 aromatic carbocycles. The molecule has 7 heteroatoms. The Bertz CT molecular complexity index is 516. The van der Waals surface area contributed by atoms with Gasteiger partial charge in [-0.25, -0.2) is 4.79 Å². The van der Waals surface area contributed by atoms with Crippen LogP contribution < -0.4 is 10.6 Å². The second-order valence-corrected chi connectivity index (χ2v) is 6.70. The smallest absolute Gasteiger partial charge is 0.407 e. The van der Waals surface area contributed by atoms with Crippen molar-refractivity contribution in [3.63, 3.8) is 0 Å². The third-order valence-electron chi connectivity index (χ3n) is 3.37. The number of β-amino-alcohol motifs (C(OH)–C–C–N with tert-alkyl or cyclic N) is 1. The molecule has 1 aromatic rings. The normalized spacial score (nSPS) is 19.8. The van der Waals surface area contributed by atoms with Crippen molar-refractivity contribution in [2.45, 2.75) is 51.5 Å². The second kappa shape index (κ2) is 10.7. The van der Waals surface area contributed by atoms with Crippen LogP contribution in [0.4, 0.5) is 4.79 Å². The number of benzene rings is 1. The Morgan fingerprint density at radius 2 is 2.04 bits per heavy atom. The van der Waals surface area contributed by atoms with E-state index < -0.39 is 12.2 Å². The predicted molar refractivity (Wildman–Crippen MR) is 93.9 cm³/mol. The van der Waals surface area contributed by atoms with E-state index in [2.05, 4.69) is 15.4 Å². The zero-order valence-electron chi connectivity index (χ0n) is 15.0. The van der Waals surface area contributed by atoms with Gasteiger partial charge in [-0.05, 0) is 39.3 Å². The molecule has 7 nitrogen and oxygen atoms in total. The fourth-order valence-electron chi connectivity index (χ4n) is 2.07. The first-order valence-electron chi connectivity index (χ1n) is 8.29. The Morgan fingerprint density at radius 3 is 2.56 bits per heavy atom. The number of aliphatic hydroxyl groups is 1. The fraction of sp³-hybridized carbons (Fsp3) is 0.556. The molecule has 0 aliphatic carbocycles. The minimum atomic E-state index is -0.553. The van der Waals surface area contributed by atoms with Crippen molar-refractivity contribution in [2.24, 2.45) is 0 Å². The molecule has 0 radical (unpaired) electrons. The van der Waals surface area contributed by atoms with Crippen LogP contribution in [-0.4, -0.2) is 48.5 Å². The SMILES string of the molecule is CC(C)(C)OC=O.O=C(NC1CCNCC1O)OCc1ccccc1. The minimum Gasteiger partial charge on any atom is -0.462 e. The predicted octanol–water partition coefficient (Wildman–Crippen LogP) is 1.59. The molecule has 0 aromatic heterocycles. The van der Waals surface area contributed by atoms with Gasteiger partial charge < -0.3 is 25.2 Å². The second-order valence-electron chi connectivity index (χ2n) is 6.70. The molecule has 2 atom stereocenters. The first kappa shape index (κ1) is 20.9. The molecule has 25 heavy (non-hydrogen) atoms. The molecule has 2 rings (SSSR count). The number of aliphatic hydroxyl groups excluding tert-OH is 1. The number of rotatable bonds is 4. The first-order valence-corrected chi connectivity index (χ1v) is 8.29. The van der Waals surface area contributed by atoms with E-state index in [9.17, 15) is 14.7 Å². The number of hydrogen-bond donors (Lipinski definition) is 3. The Hall–Kier alpha value is -2.12. The first-order chi connectivity index (χ1) is 11.8. The van der Waals surface area contributed by atoms with Crippen LogP contribution in [0.25, 0.3) is 0 Å². The standard InChI is InChI=1S/C13H18N2O3.C5H10O2/c16-12-8-14-7-6-11(12)15-13(17)18-9-10-4-2-1-3-5-10;1-5(2,3)7-4-6/h1-5,11-12,14,16H,6-9H2,(H,15,17);4H,1-3H3. The maximum absolute atomic E-state index is 11.6. The van der Waals surface area contributed by atoms with Gasteiger partial charge in [-0.2, -0.15) is 0 Å². The molecule has 2 unspecified atom stereocenters. The van der Waals surface area contributed by atoms with Crippen LogP contribution in [0.1, 0.15) is 32.8 Å². The number of alkyl carbamates (subject to hydrolysis) is 1. The van der Waals surface area contributed by atoms with Crippen LogP contribution in [0.3, 0.4) is 0 Å². The summed E-state index contributed by atoms with van der Waals surface area (Å²) in [6.07, 6.45) is -0.324. The number of piperidine rings is 1. The number of carbonyl (C=O) groups is 2. The van der Waals surface area contributed by atoms with Crippen LogP contribution in [0.5, 0.6) is 0 Å². The number of nitrogens with one attached hydrogen (secondary N) is 2. The van der Waals surface area contributed by atoms with Crippen molar-refractivity contribution in [3.8, 4) is 0 Å². The summed E-state index contributed by atoms with van der Waals surface area (Å²) < 4.78 is 9.65. The zero-order valence-corrected chi connectivity index (χ0v) is 15.0. The Labute approximate surface area is 148 Å². The highest BCUT2D eigenvalue weighted by atomic mass is 16.5. The molecule has 1 fully saturated rings. The van der Waals surface area contributed by atoms with E-state index in [0.29, 0.717) is 19.4 Å². The highest BCUT2D eigenvalue weighted by Gasteiger charge is 2.24. The summed E-state index contributed by atoms with van der Waals surface area (Å²) in [5.74, 6) is 0. The summed E-state index contributed by atoms with van der Waals surface area (Å²) in [5, 5.41) is 15.4. The molecular formula is C18H28N2O5. The maximum atomic E-state index is 11.6. The average molecular weight is 352 g/mol. The number of amides is 1. The summed E-state index contributed by atoms with van der Waals surface area (Å²) in [7, 11) is 0. The molecule has 140 valence electrons. The van der Waals surface area contributed by atoms with E-state index in [1.807, 2.05) is 51.1 Å². The maximum Gasteiger partial charge on any atom is 0.407 e. The molecule has 3 N–H and O–H groups in total. The Balaban J connectivity index is 0.000000381. The topological polar surface area (TPSA) is 96.9 Å². The van der Waals surface area contributed by atoms with Crippen molar-refractivity contribution in [2.75, 3.05) is 13.1 Å². The quantitative estimate of drug-likeness (QED) is 0.712. The molecule has 1 aliphatic heterocycles. The van der Waals surface area contributed by atoms with Crippen molar-refractivity contribution in [1.82, 2.24) is 10.6 Å². The third-order valence-corrected chi connectivity index (χ3v) is 3.37. The molecule has 0 bridgehead atoms. The summed E-state index contributed by atoms with van der Waals surface area (Å²) in [4.78, 5) is 21.2. The number of hydrogen-bond acceptors (Lipinski definition) is 6. The summed E-state index contributed by atoms with van der Waals surface area (Å²) in [6.45, 7) is 7.46. The van der Waals surface area contributed by atoms with Gasteiger partial charge in [0.15, 0.2) is 0 Å². The van der Waals surface area contributed by atoms with Crippen LogP contribution >= 0.6 is 0 Å². The summed E-state index contributed by atoms with van der Waals surface area (Å²) in [5.41, 5.74) is 0.625. The van der Waals surface area contributed by atoms with E-state index in [1.165, 1.54) is 0 Å². The van der Waals surface area contributed by atoms with Gasteiger partial charge in [-0.1, -0.05) is 30.3 Å². The van der Waals surface area contributed by atoms with E-state index >= 15 is 0 Å². The van der Waals surface area contributed by atoms with E-state index in [0.717, 1.165) is 12.1 Å². The zero-order chi connectivity index (χ0) is 18.7. The van der Waals surface area contributed by atoms with Gasteiger partial charge in [0.25, 0.3) is 6.47 Å². The molecule has 1 amide bonds. The monoisotopic (exact) mass is 352 g/mol. The lowest BCUT2D eigenvalue weighted by molar-refractivity contribution is -0.138. The summed E-state index contributed by atoms with van der Waals surface area (Å²) >= 11 is 0. The van der Waals surface area contributed by atoms with Crippen molar-refractivity contribution in [1.29, 1.82) is 0 Å². The van der Waals surface area contributed by atoms with Crippen LogP contribution in [0.2, 0.25) is 0 Å². The van der Waals surface area contributed by atoms with Crippen molar-refractivity contribution >= 4 is 12.6 Å². The van der Waals surface area contributed by atoms with Crippen LogP contribution in [-0.2, 0) is 20.9 Å². The Morgan fingerprint density at radius 1 is 1.36 bits per heavy atom. The highest BCUT2D eigenvalue weighted by Crippen LogP contribution is 2.05. The lowest BCUT2D eigenvalue weighted by Crippen LogP contribution is -2.52. The fourth-order valence-corrected chi connectivity index (χ4v) is 2.07. The summed E-state index contributed by atoms with van der Waals surface area (Å²) in [6, 6.07) is 9.27. The Kier molecular flexibility index (Phi) is 8.94.